The fraction of sp³-hybridized carbons (Fsp3) is 0.533. The van der Waals surface area contributed by atoms with Crippen molar-refractivity contribution in [2.75, 3.05) is 11.4 Å². The molecule has 2 unspecified atom stereocenters. The summed E-state index contributed by atoms with van der Waals surface area (Å²) in [5.74, 6) is -1.35. The maximum atomic E-state index is 13.3. The van der Waals surface area contributed by atoms with Gasteiger partial charge in [0.1, 0.15) is 11.6 Å². The molecule has 1 heterocycles. The molecule has 1 aromatic rings. The van der Waals surface area contributed by atoms with Crippen molar-refractivity contribution >= 4 is 11.6 Å². The molecule has 0 radical (unpaired) electrons. The molecule has 3 nitrogen and oxygen atoms in total. The van der Waals surface area contributed by atoms with Crippen LogP contribution in [0.2, 0.25) is 0 Å². The quantitative estimate of drug-likeness (QED) is 0.859. The zero-order chi connectivity index (χ0) is 14.3. The first-order chi connectivity index (χ1) is 9.50. The number of nitrogens with two attached hydrogens (primary N) is 1. The number of amides is 1. The minimum Gasteiger partial charge on any atom is -0.328 e. The first-order valence-corrected chi connectivity index (χ1v) is 7.04. The predicted octanol–water partition coefficient (Wildman–Crippen LogP) is 2.59. The molecule has 0 bridgehead atoms. The lowest BCUT2D eigenvalue weighted by Crippen LogP contribution is -2.42. The Kier molecular flexibility index (Phi) is 3.24. The summed E-state index contributed by atoms with van der Waals surface area (Å²) in [7, 11) is 0. The van der Waals surface area contributed by atoms with Crippen LogP contribution in [0.4, 0.5) is 14.5 Å². The normalized spacial score (nSPS) is 30.2. The molecule has 2 N–H and O–H groups in total. The number of benzene rings is 1. The number of carbonyl (C=O) groups is 1. The van der Waals surface area contributed by atoms with Gasteiger partial charge in [0, 0.05) is 24.3 Å². The summed E-state index contributed by atoms with van der Waals surface area (Å²) in [5.41, 5.74) is 5.89. The topological polar surface area (TPSA) is 46.3 Å². The van der Waals surface area contributed by atoms with Gasteiger partial charge >= 0.3 is 0 Å². The van der Waals surface area contributed by atoms with E-state index < -0.39 is 17.0 Å². The highest BCUT2D eigenvalue weighted by Gasteiger charge is 2.48. The van der Waals surface area contributed by atoms with Crippen molar-refractivity contribution in [2.24, 2.45) is 11.1 Å². The lowest BCUT2D eigenvalue weighted by Gasteiger charge is -2.35. The second-order valence-electron chi connectivity index (χ2n) is 5.97. The van der Waals surface area contributed by atoms with Crippen LogP contribution in [0.15, 0.2) is 18.2 Å². The number of anilines is 1. The van der Waals surface area contributed by atoms with E-state index in [1.54, 1.807) is 0 Å². The monoisotopic (exact) mass is 280 g/mol. The van der Waals surface area contributed by atoms with E-state index in [1.165, 1.54) is 17.0 Å². The molecule has 1 saturated carbocycles. The van der Waals surface area contributed by atoms with Gasteiger partial charge < -0.3 is 10.6 Å². The molecule has 2 atom stereocenters. The van der Waals surface area contributed by atoms with Crippen LogP contribution in [0, 0.1) is 17.0 Å². The van der Waals surface area contributed by atoms with Crippen LogP contribution in [0.25, 0.3) is 0 Å². The van der Waals surface area contributed by atoms with E-state index in [-0.39, 0.29) is 11.9 Å². The smallest absolute Gasteiger partial charge is 0.233 e. The van der Waals surface area contributed by atoms with E-state index in [4.69, 9.17) is 5.73 Å². The van der Waals surface area contributed by atoms with Gasteiger partial charge in [-0.15, -0.1) is 0 Å². The fourth-order valence-corrected chi connectivity index (χ4v) is 3.59. The van der Waals surface area contributed by atoms with Crippen molar-refractivity contribution in [3.05, 3.63) is 29.8 Å². The van der Waals surface area contributed by atoms with E-state index in [9.17, 15) is 13.6 Å². The standard InChI is InChI=1S/C15H18F2N2O/c16-10-6-11(17)8-13(7-10)19-5-4-15(14(19)20)3-1-2-12(18)9-15/h6-8,12H,1-5,9,18H2. The van der Waals surface area contributed by atoms with Gasteiger partial charge in [-0.2, -0.15) is 0 Å². The molecular formula is C15H18F2N2O. The highest BCUT2D eigenvalue weighted by molar-refractivity contribution is 6.00. The van der Waals surface area contributed by atoms with E-state index >= 15 is 0 Å². The van der Waals surface area contributed by atoms with Gasteiger partial charge in [0.15, 0.2) is 0 Å². The molecule has 20 heavy (non-hydrogen) atoms. The molecule has 108 valence electrons. The van der Waals surface area contributed by atoms with Crippen LogP contribution >= 0.6 is 0 Å². The zero-order valence-electron chi connectivity index (χ0n) is 11.2. The lowest BCUT2D eigenvalue weighted by molar-refractivity contribution is -0.127. The summed E-state index contributed by atoms with van der Waals surface area (Å²) in [6.07, 6.45) is 4.12. The molecule has 1 saturated heterocycles. The number of carbonyl (C=O) groups excluding carboxylic acids is 1. The van der Waals surface area contributed by atoms with E-state index in [0.29, 0.717) is 18.7 Å². The Morgan fingerprint density at radius 2 is 1.90 bits per heavy atom. The van der Waals surface area contributed by atoms with E-state index in [0.717, 1.165) is 31.7 Å². The first-order valence-electron chi connectivity index (χ1n) is 7.04. The Labute approximate surface area is 116 Å². The second-order valence-corrected chi connectivity index (χ2v) is 5.97. The fourth-order valence-electron chi connectivity index (χ4n) is 3.59. The number of hydrogen-bond donors (Lipinski definition) is 1. The van der Waals surface area contributed by atoms with Gasteiger partial charge in [-0.25, -0.2) is 8.78 Å². The van der Waals surface area contributed by atoms with Gasteiger partial charge in [0.25, 0.3) is 0 Å². The number of rotatable bonds is 1. The van der Waals surface area contributed by atoms with Crippen molar-refractivity contribution in [2.45, 2.75) is 38.1 Å². The van der Waals surface area contributed by atoms with Crippen molar-refractivity contribution in [1.82, 2.24) is 0 Å². The van der Waals surface area contributed by atoms with Crippen LogP contribution in [0.3, 0.4) is 0 Å². The van der Waals surface area contributed by atoms with Gasteiger partial charge in [-0.3, -0.25) is 4.79 Å². The Bertz CT molecular complexity index is 528. The van der Waals surface area contributed by atoms with E-state index in [2.05, 4.69) is 0 Å². The third-order valence-corrected chi connectivity index (χ3v) is 4.55. The van der Waals surface area contributed by atoms with Gasteiger partial charge in [0.05, 0.1) is 5.41 Å². The van der Waals surface area contributed by atoms with Crippen molar-refractivity contribution in [3.8, 4) is 0 Å². The molecule has 2 aliphatic rings. The molecular weight excluding hydrogens is 262 g/mol. The molecule has 2 fully saturated rings. The number of hydrogen-bond acceptors (Lipinski definition) is 2. The number of halogens is 2. The van der Waals surface area contributed by atoms with E-state index in [1.807, 2.05) is 0 Å². The van der Waals surface area contributed by atoms with Crippen LogP contribution in [-0.2, 0) is 4.79 Å². The van der Waals surface area contributed by atoms with Crippen LogP contribution in [0.5, 0.6) is 0 Å². The molecule has 1 aliphatic heterocycles. The highest BCUT2D eigenvalue weighted by atomic mass is 19.1. The highest BCUT2D eigenvalue weighted by Crippen LogP contribution is 2.45. The summed E-state index contributed by atoms with van der Waals surface area (Å²) < 4.78 is 26.6. The summed E-state index contributed by atoms with van der Waals surface area (Å²) >= 11 is 0. The summed E-state index contributed by atoms with van der Waals surface area (Å²) in [4.78, 5) is 14.2. The third-order valence-electron chi connectivity index (χ3n) is 4.55. The molecule has 1 amide bonds. The summed E-state index contributed by atoms with van der Waals surface area (Å²) in [6, 6.07) is 3.29. The van der Waals surface area contributed by atoms with Crippen LogP contribution in [0.1, 0.15) is 32.1 Å². The number of nitrogens with zero attached hydrogens (tertiary/aromatic N) is 1. The van der Waals surface area contributed by atoms with Gasteiger partial charge in [-0.1, -0.05) is 6.42 Å². The summed E-state index contributed by atoms with van der Waals surface area (Å²) in [5, 5.41) is 0. The third kappa shape index (κ3) is 2.20. The molecule has 3 rings (SSSR count). The molecule has 1 aromatic carbocycles. The Morgan fingerprint density at radius 1 is 1.20 bits per heavy atom. The predicted molar refractivity (Wildman–Crippen MR) is 72.2 cm³/mol. The van der Waals surface area contributed by atoms with Crippen molar-refractivity contribution < 1.29 is 13.6 Å². The minimum absolute atomic E-state index is 0.0300. The largest absolute Gasteiger partial charge is 0.328 e. The minimum atomic E-state index is -0.658. The zero-order valence-corrected chi connectivity index (χ0v) is 11.2. The molecule has 1 aliphatic carbocycles. The van der Waals surface area contributed by atoms with Crippen LogP contribution in [-0.4, -0.2) is 18.5 Å². The average Bonchev–Trinajstić information content (AvgIpc) is 2.66. The Hall–Kier alpha value is -1.49. The van der Waals surface area contributed by atoms with Crippen molar-refractivity contribution in [1.29, 1.82) is 0 Å². The lowest BCUT2D eigenvalue weighted by atomic mass is 9.71. The Morgan fingerprint density at radius 3 is 2.55 bits per heavy atom. The van der Waals surface area contributed by atoms with Gasteiger partial charge in [-0.05, 0) is 37.8 Å². The second kappa shape index (κ2) is 4.81. The maximum absolute atomic E-state index is 13.3. The average molecular weight is 280 g/mol. The SMILES string of the molecule is NC1CCCC2(CCN(c3cc(F)cc(F)c3)C2=O)C1. The van der Waals surface area contributed by atoms with Crippen molar-refractivity contribution in [3.63, 3.8) is 0 Å². The summed E-state index contributed by atoms with van der Waals surface area (Å²) in [6.45, 7) is 0.508. The maximum Gasteiger partial charge on any atom is 0.233 e. The first kappa shape index (κ1) is 13.5. The molecule has 1 spiro atoms. The van der Waals surface area contributed by atoms with Crippen LogP contribution < -0.4 is 10.6 Å². The molecule has 0 aromatic heterocycles. The molecule has 5 heteroatoms. The van der Waals surface area contributed by atoms with Gasteiger partial charge in [0.2, 0.25) is 5.91 Å². The Balaban J connectivity index is 1.88.